The van der Waals surface area contributed by atoms with Crippen molar-refractivity contribution in [2.24, 2.45) is 0 Å². The predicted octanol–water partition coefficient (Wildman–Crippen LogP) is 6.09. The van der Waals surface area contributed by atoms with Gasteiger partial charge in [0.05, 0.1) is 29.8 Å². The van der Waals surface area contributed by atoms with Crippen LogP contribution in [0, 0.1) is 27.2 Å². The van der Waals surface area contributed by atoms with E-state index in [-0.39, 0.29) is 24.2 Å². The van der Waals surface area contributed by atoms with Crippen LogP contribution in [0.3, 0.4) is 0 Å². The molecule has 0 bridgehead atoms. The number of aryl methyl sites for hydroxylation is 1. The number of hydrogen-bond donors (Lipinski definition) is 2. The number of carboxylic acids is 2. The molecular formula is C30H26N2O9. The van der Waals surface area contributed by atoms with E-state index < -0.39 is 21.8 Å². The number of rotatable bonds is 9. The van der Waals surface area contributed by atoms with Crippen LogP contribution in [0.15, 0.2) is 84.9 Å². The lowest BCUT2D eigenvalue weighted by molar-refractivity contribution is -0.385. The van der Waals surface area contributed by atoms with Gasteiger partial charge in [-0.1, -0.05) is 42.0 Å². The molecule has 4 aromatic carbocycles. The molecule has 0 saturated heterocycles. The fourth-order valence-corrected chi connectivity index (χ4v) is 4.07. The van der Waals surface area contributed by atoms with Gasteiger partial charge in [-0.15, -0.1) is 0 Å². The fraction of sp³-hybridized carbons (Fsp3) is 0.133. The SMILES string of the molecule is COc1ccc(-c2ccc([N+](=O)[O-])cc2CC(=O)O)cc1.Cc1ccc(-c2ccc([N+](=O)[O-])cc2CC(=O)O)cc1. The van der Waals surface area contributed by atoms with Gasteiger partial charge in [-0.2, -0.15) is 0 Å². The van der Waals surface area contributed by atoms with Crippen LogP contribution in [0.4, 0.5) is 11.4 Å². The standard InChI is InChI=1S/C15H13NO5.C15H13NO4/c1-21-13-5-2-10(3-6-13)14-7-4-12(16(19)20)8-11(14)9-15(17)18;1-10-2-4-11(5-3-10)14-7-6-13(16(19)20)8-12(14)9-15(17)18/h2-8H,9H2,1H3,(H,17,18);2-8H,9H2,1H3,(H,17,18). The van der Waals surface area contributed by atoms with Gasteiger partial charge < -0.3 is 14.9 Å². The molecule has 0 radical (unpaired) electrons. The van der Waals surface area contributed by atoms with Gasteiger partial charge in [-0.05, 0) is 64.6 Å². The van der Waals surface area contributed by atoms with Crippen molar-refractivity contribution in [3.8, 4) is 28.0 Å². The smallest absolute Gasteiger partial charge is 0.307 e. The summed E-state index contributed by atoms with van der Waals surface area (Å²) in [6.07, 6.45) is -0.520. The molecule has 0 heterocycles. The monoisotopic (exact) mass is 558 g/mol. The zero-order chi connectivity index (χ0) is 30.1. The number of nitro groups is 2. The number of non-ortho nitro benzene ring substituents is 2. The van der Waals surface area contributed by atoms with E-state index in [0.717, 1.165) is 16.7 Å². The summed E-state index contributed by atoms with van der Waals surface area (Å²) in [5.74, 6) is -1.37. The molecule has 0 unspecified atom stereocenters. The van der Waals surface area contributed by atoms with Crippen LogP contribution in [0.5, 0.6) is 5.75 Å². The molecule has 4 aromatic rings. The van der Waals surface area contributed by atoms with Crippen LogP contribution in [0.1, 0.15) is 16.7 Å². The number of ether oxygens (including phenoxy) is 1. The highest BCUT2D eigenvalue weighted by Crippen LogP contribution is 2.30. The van der Waals surface area contributed by atoms with Gasteiger partial charge in [-0.3, -0.25) is 29.8 Å². The number of aliphatic carboxylic acids is 2. The summed E-state index contributed by atoms with van der Waals surface area (Å²) in [4.78, 5) is 42.4. The number of nitro benzene ring substituents is 2. The van der Waals surface area contributed by atoms with Crippen LogP contribution in [0.25, 0.3) is 22.3 Å². The van der Waals surface area contributed by atoms with Crippen LogP contribution in [-0.4, -0.2) is 39.1 Å². The molecular weight excluding hydrogens is 532 g/mol. The first-order valence-electron chi connectivity index (χ1n) is 12.2. The van der Waals surface area contributed by atoms with Crippen molar-refractivity contribution in [3.63, 3.8) is 0 Å². The van der Waals surface area contributed by atoms with Crippen LogP contribution >= 0.6 is 0 Å². The molecule has 4 rings (SSSR count). The second kappa shape index (κ2) is 13.5. The lowest BCUT2D eigenvalue weighted by atomic mass is 9.96. The molecule has 0 amide bonds. The summed E-state index contributed by atoms with van der Waals surface area (Å²) in [5.41, 5.74) is 4.71. The zero-order valence-corrected chi connectivity index (χ0v) is 22.1. The Morgan fingerprint density at radius 1 is 0.683 bits per heavy atom. The summed E-state index contributed by atoms with van der Waals surface area (Å²) < 4.78 is 5.07. The molecule has 0 aliphatic heterocycles. The summed E-state index contributed by atoms with van der Waals surface area (Å²) in [6, 6.07) is 23.2. The van der Waals surface area contributed by atoms with Crippen molar-refractivity contribution in [2.45, 2.75) is 19.8 Å². The zero-order valence-electron chi connectivity index (χ0n) is 22.1. The van der Waals surface area contributed by atoms with E-state index in [0.29, 0.717) is 28.0 Å². The van der Waals surface area contributed by atoms with E-state index in [1.54, 1.807) is 43.5 Å². The van der Waals surface area contributed by atoms with E-state index >= 15 is 0 Å². The number of hydrogen-bond acceptors (Lipinski definition) is 7. The Labute approximate surface area is 234 Å². The van der Waals surface area contributed by atoms with Crippen molar-refractivity contribution in [1.82, 2.24) is 0 Å². The fourth-order valence-electron chi connectivity index (χ4n) is 4.07. The Bertz CT molecular complexity index is 1580. The first-order valence-corrected chi connectivity index (χ1v) is 12.2. The quantitative estimate of drug-likeness (QED) is 0.182. The number of carboxylic acid groups (broad SMARTS) is 2. The van der Waals surface area contributed by atoms with Gasteiger partial charge in [0.2, 0.25) is 0 Å². The van der Waals surface area contributed by atoms with Crippen LogP contribution in [0.2, 0.25) is 0 Å². The van der Waals surface area contributed by atoms with E-state index in [1.807, 2.05) is 31.2 Å². The number of nitrogens with zero attached hydrogens (tertiary/aromatic N) is 2. The Hall–Kier alpha value is -5.58. The molecule has 0 spiro atoms. The summed E-state index contributed by atoms with van der Waals surface area (Å²) in [5, 5.41) is 39.5. The average molecular weight is 559 g/mol. The minimum atomic E-state index is -1.04. The summed E-state index contributed by atoms with van der Waals surface area (Å²) in [7, 11) is 1.55. The van der Waals surface area contributed by atoms with E-state index in [2.05, 4.69) is 0 Å². The minimum Gasteiger partial charge on any atom is -0.497 e. The third-order valence-corrected chi connectivity index (χ3v) is 6.05. The maximum Gasteiger partial charge on any atom is 0.307 e. The second-order valence-corrected chi connectivity index (χ2v) is 8.93. The van der Waals surface area contributed by atoms with Crippen molar-refractivity contribution in [3.05, 3.63) is 122 Å². The second-order valence-electron chi connectivity index (χ2n) is 8.93. The minimum absolute atomic E-state index is 0.0999. The van der Waals surface area contributed by atoms with Gasteiger partial charge in [0.25, 0.3) is 11.4 Å². The van der Waals surface area contributed by atoms with Crippen molar-refractivity contribution in [1.29, 1.82) is 0 Å². The molecule has 210 valence electrons. The Morgan fingerprint density at radius 3 is 1.41 bits per heavy atom. The first-order chi connectivity index (χ1) is 19.5. The summed E-state index contributed by atoms with van der Waals surface area (Å²) >= 11 is 0. The van der Waals surface area contributed by atoms with Gasteiger partial charge in [0.1, 0.15) is 5.75 Å². The van der Waals surface area contributed by atoms with Gasteiger partial charge in [-0.25, -0.2) is 0 Å². The number of carbonyl (C=O) groups is 2. The highest BCUT2D eigenvalue weighted by molar-refractivity contribution is 5.78. The third kappa shape index (κ3) is 8.20. The molecule has 0 saturated carbocycles. The molecule has 11 heteroatoms. The Morgan fingerprint density at radius 2 is 1.07 bits per heavy atom. The first kappa shape index (κ1) is 30.0. The molecule has 0 aliphatic carbocycles. The molecule has 0 aliphatic rings. The average Bonchev–Trinajstić information content (AvgIpc) is 2.93. The van der Waals surface area contributed by atoms with E-state index in [4.69, 9.17) is 14.9 Å². The van der Waals surface area contributed by atoms with Crippen molar-refractivity contribution >= 4 is 23.3 Å². The molecule has 2 N–H and O–H groups in total. The molecule has 0 aromatic heterocycles. The van der Waals surface area contributed by atoms with Gasteiger partial charge in [0, 0.05) is 24.3 Å². The maximum absolute atomic E-state index is 10.9. The topological polar surface area (TPSA) is 170 Å². The van der Waals surface area contributed by atoms with Crippen LogP contribution in [-0.2, 0) is 22.4 Å². The van der Waals surface area contributed by atoms with Gasteiger partial charge >= 0.3 is 11.9 Å². The van der Waals surface area contributed by atoms with Gasteiger partial charge in [0.15, 0.2) is 0 Å². The van der Waals surface area contributed by atoms with E-state index in [1.165, 1.54) is 24.3 Å². The Balaban J connectivity index is 0.000000226. The van der Waals surface area contributed by atoms with E-state index in [9.17, 15) is 29.8 Å². The molecule has 0 atom stereocenters. The largest absolute Gasteiger partial charge is 0.497 e. The summed E-state index contributed by atoms with van der Waals surface area (Å²) in [6.45, 7) is 1.96. The van der Waals surface area contributed by atoms with Crippen LogP contribution < -0.4 is 4.74 Å². The third-order valence-electron chi connectivity index (χ3n) is 6.05. The molecule has 41 heavy (non-hydrogen) atoms. The lowest BCUT2D eigenvalue weighted by Crippen LogP contribution is -2.03. The Kier molecular flexibility index (Phi) is 9.85. The highest BCUT2D eigenvalue weighted by Gasteiger charge is 2.16. The highest BCUT2D eigenvalue weighted by atomic mass is 16.6. The van der Waals surface area contributed by atoms with Crippen molar-refractivity contribution in [2.75, 3.05) is 7.11 Å². The molecule has 0 fully saturated rings. The maximum atomic E-state index is 10.9. The number of methoxy groups -OCH3 is 1. The predicted molar refractivity (Wildman–Crippen MR) is 151 cm³/mol. The van der Waals surface area contributed by atoms with Crippen molar-refractivity contribution < 1.29 is 34.4 Å². The lowest BCUT2D eigenvalue weighted by Gasteiger charge is -2.09. The number of benzene rings is 4. The molecule has 11 nitrogen and oxygen atoms in total. The normalized spacial score (nSPS) is 10.2.